The first-order chi connectivity index (χ1) is 12.5. The topological polar surface area (TPSA) is 89.9 Å². The SMILES string of the molecule is Cc1c(C(=O)N(C)Cc2noc(CC(C)C)n2)cnn1-c1ccccn1. The first kappa shape index (κ1) is 17.8. The van der Waals surface area contributed by atoms with Crippen molar-refractivity contribution in [3.8, 4) is 5.82 Å². The number of amides is 1. The summed E-state index contributed by atoms with van der Waals surface area (Å²) in [6, 6.07) is 5.55. The van der Waals surface area contributed by atoms with Crippen LogP contribution in [-0.4, -0.2) is 42.8 Å². The summed E-state index contributed by atoms with van der Waals surface area (Å²) < 4.78 is 6.87. The van der Waals surface area contributed by atoms with Gasteiger partial charge in [-0.2, -0.15) is 10.1 Å². The molecule has 0 N–H and O–H groups in total. The molecular formula is C18H22N6O2. The molecule has 0 aliphatic rings. The largest absolute Gasteiger partial charge is 0.339 e. The maximum Gasteiger partial charge on any atom is 0.257 e. The minimum absolute atomic E-state index is 0.153. The van der Waals surface area contributed by atoms with Crippen LogP contribution < -0.4 is 0 Å². The van der Waals surface area contributed by atoms with E-state index in [2.05, 4.69) is 34.1 Å². The fourth-order valence-electron chi connectivity index (χ4n) is 2.61. The van der Waals surface area contributed by atoms with E-state index in [1.807, 2.05) is 25.1 Å². The lowest BCUT2D eigenvalue weighted by atomic mass is 10.1. The van der Waals surface area contributed by atoms with E-state index >= 15 is 0 Å². The van der Waals surface area contributed by atoms with Crippen molar-refractivity contribution in [2.45, 2.75) is 33.7 Å². The van der Waals surface area contributed by atoms with Gasteiger partial charge in [-0.25, -0.2) is 9.67 Å². The molecule has 0 aliphatic carbocycles. The summed E-state index contributed by atoms with van der Waals surface area (Å²) in [4.78, 5) is 22.9. The summed E-state index contributed by atoms with van der Waals surface area (Å²) >= 11 is 0. The van der Waals surface area contributed by atoms with Gasteiger partial charge in [-0.05, 0) is 25.0 Å². The molecule has 0 fully saturated rings. The summed E-state index contributed by atoms with van der Waals surface area (Å²) in [7, 11) is 1.71. The average Bonchev–Trinajstić information content (AvgIpc) is 3.21. The van der Waals surface area contributed by atoms with Crippen molar-refractivity contribution in [3.63, 3.8) is 0 Å². The molecule has 0 saturated carbocycles. The van der Waals surface area contributed by atoms with E-state index < -0.39 is 0 Å². The van der Waals surface area contributed by atoms with Crippen LogP contribution in [0, 0.1) is 12.8 Å². The van der Waals surface area contributed by atoms with E-state index in [0.29, 0.717) is 29.0 Å². The van der Waals surface area contributed by atoms with Crippen LogP contribution in [0.1, 0.15) is 41.6 Å². The molecule has 26 heavy (non-hydrogen) atoms. The van der Waals surface area contributed by atoms with E-state index in [1.165, 1.54) is 0 Å². The van der Waals surface area contributed by atoms with E-state index in [0.717, 1.165) is 12.1 Å². The number of nitrogens with zero attached hydrogens (tertiary/aromatic N) is 6. The number of rotatable bonds is 6. The second kappa shape index (κ2) is 7.47. The lowest BCUT2D eigenvalue weighted by Gasteiger charge is -2.14. The van der Waals surface area contributed by atoms with Crippen LogP contribution in [0.3, 0.4) is 0 Å². The van der Waals surface area contributed by atoms with Crippen LogP contribution in [0.2, 0.25) is 0 Å². The quantitative estimate of drug-likeness (QED) is 0.675. The molecular weight excluding hydrogens is 332 g/mol. The first-order valence-electron chi connectivity index (χ1n) is 8.48. The predicted molar refractivity (Wildman–Crippen MR) is 94.7 cm³/mol. The second-order valence-corrected chi connectivity index (χ2v) is 6.61. The minimum atomic E-state index is -0.153. The Kier molecular flexibility index (Phi) is 5.11. The maximum atomic E-state index is 12.8. The van der Waals surface area contributed by atoms with Crippen molar-refractivity contribution in [1.29, 1.82) is 0 Å². The number of aromatic nitrogens is 5. The molecule has 3 heterocycles. The van der Waals surface area contributed by atoms with Crippen LogP contribution >= 0.6 is 0 Å². The highest BCUT2D eigenvalue weighted by Crippen LogP contribution is 2.15. The number of pyridine rings is 1. The van der Waals surface area contributed by atoms with Crippen molar-refractivity contribution >= 4 is 5.91 Å². The Balaban J connectivity index is 1.73. The van der Waals surface area contributed by atoms with E-state index in [-0.39, 0.29) is 12.5 Å². The van der Waals surface area contributed by atoms with Gasteiger partial charge in [0.05, 0.1) is 24.0 Å². The van der Waals surface area contributed by atoms with Gasteiger partial charge in [-0.1, -0.05) is 25.1 Å². The second-order valence-electron chi connectivity index (χ2n) is 6.61. The lowest BCUT2D eigenvalue weighted by molar-refractivity contribution is 0.0780. The molecule has 0 saturated heterocycles. The molecule has 0 bridgehead atoms. The number of carbonyl (C=O) groups is 1. The fraction of sp³-hybridized carbons (Fsp3) is 0.389. The smallest absolute Gasteiger partial charge is 0.257 e. The Morgan fingerprint density at radius 1 is 1.35 bits per heavy atom. The zero-order chi connectivity index (χ0) is 18.7. The molecule has 0 unspecified atom stereocenters. The average molecular weight is 354 g/mol. The van der Waals surface area contributed by atoms with Gasteiger partial charge in [0.1, 0.15) is 0 Å². The van der Waals surface area contributed by atoms with Crippen molar-refractivity contribution in [1.82, 2.24) is 29.8 Å². The Bertz CT molecular complexity index is 884. The number of carbonyl (C=O) groups excluding carboxylic acids is 1. The Labute approximate surface area is 151 Å². The highest BCUT2D eigenvalue weighted by atomic mass is 16.5. The zero-order valence-corrected chi connectivity index (χ0v) is 15.4. The van der Waals surface area contributed by atoms with Gasteiger partial charge in [-0.15, -0.1) is 0 Å². The third kappa shape index (κ3) is 3.79. The molecule has 0 radical (unpaired) electrons. The third-order valence-corrected chi connectivity index (χ3v) is 3.92. The molecule has 0 aliphatic heterocycles. The van der Waals surface area contributed by atoms with Crippen molar-refractivity contribution < 1.29 is 9.32 Å². The fourth-order valence-corrected chi connectivity index (χ4v) is 2.61. The first-order valence-corrected chi connectivity index (χ1v) is 8.48. The molecule has 0 atom stereocenters. The molecule has 0 spiro atoms. The summed E-state index contributed by atoms with van der Waals surface area (Å²) in [5.74, 6) is 2.03. The predicted octanol–water partition coefficient (Wildman–Crippen LogP) is 2.43. The van der Waals surface area contributed by atoms with Crippen LogP contribution in [0.4, 0.5) is 0 Å². The lowest BCUT2D eigenvalue weighted by Crippen LogP contribution is -2.27. The zero-order valence-electron chi connectivity index (χ0n) is 15.4. The van der Waals surface area contributed by atoms with E-state index in [4.69, 9.17) is 4.52 Å². The highest BCUT2D eigenvalue weighted by Gasteiger charge is 2.20. The molecule has 1 amide bonds. The summed E-state index contributed by atoms with van der Waals surface area (Å²) in [6.07, 6.45) is 3.97. The van der Waals surface area contributed by atoms with Crippen molar-refractivity contribution in [3.05, 3.63) is 53.6 Å². The molecule has 8 heteroatoms. The van der Waals surface area contributed by atoms with Crippen LogP contribution in [0.25, 0.3) is 5.82 Å². The Morgan fingerprint density at radius 3 is 2.85 bits per heavy atom. The van der Waals surface area contributed by atoms with Crippen molar-refractivity contribution in [2.24, 2.45) is 5.92 Å². The molecule has 3 rings (SSSR count). The minimum Gasteiger partial charge on any atom is -0.339 e. The van der Waals surface area contributed by atoms with Crippen LogP contribution in [0.5, 0.6) is 0 Å². The molecule has 3 aromatic rings. The van der Waals surface area contributed by atoms with Gasteiger partial charge in [0, 0.05) is 19.7 Å². The Hall–Kier alpha value is -3.03. The van der Waals surface area contributed by atoms with E-state index in [9.17, 15) is 4.79 Å². The van der Waals surface area contributed by atoms with Gasteiger partial charge in [0.25, 0.3) is 5.91 Å². The monoisotopic (exact) mass is 354 g/mol. The summed E-state index contributed by atoms with van der Waals surface area (Å²) in [5, 5.41) is 8.24. The summed E-state index contributed by atoms with van der Waals surface area (Å²) in [6.45, 7) is 6.29. The molecule has 136 valence electrons. The van der Waals surface area contributed by atoms with Gasteiger partial charge in [-0.3, -0.25) is 4.79 Å². The highest BCUT2D eigenvalue weighted by molar-refractivity contribution is 5.95. The molecule has 0 aromatic carbocycles. The molecule has 3 aromatic heterocycles. The Morgan fingerprint density at radius 2 is 2.15 bits per heavy atom. The van der Waals surface area contributed by atoms with Crippen LogP contribution in [0.15, 0.2) is 35.1 Å². The standard InChI is InChI=1S/C18H22N6O2/c1-12(2)9-17-21-15(22-26-17)11-23(4)18(25)14-10-20-24(13(14)3)16-7-5-6-8-19-16/h5-8,10,12H,9,11H2,1-4H3. The number of hydrogen-bond acceptors (Lipinski definition) is 6. The van der Waals surface area contributed by atoms with Gasteiger partial charge < -0.3 is 9.42 Å². The maximum absolute atomic E-state index is 12.8. The van der Waals surface area contributed by atoms with Crippen molar-refractivity contribution in [2.75, 3.05) is 7.05 Å². The number of hydrogen-bond donors (Lipinski definition) is 0. The normalized spacial score (nSPS) is 11.1. The summed E-state index contributed by atoms with van der Waals surface area (Å²) in [5.41, 5.74) is 1.25. The van der Waals surface area contributed by atoms with Gasteiger partial charge >= 0.3 is 0 Å². The van der Waals surface area contributed by atoms with Crippen LogP contribution in [-0.2, 0) is 13.0 Å². The third-order valence-electron chi connectivity index (χ3n) is 3.92. The van der Waals surface area contributed by atoms with Gasteiger partial charge in [0.15, 0.2) is 11.6 Å². The van der Waals surface area contributed by atoms with Gasteiger partial charge in [0.2, 0.25) is 5.89 Å². The molecule has 8 nitrogen and oxygen atoms in total. The van der Waals surface area contributed by atoms with E-state index in [1.54, 1.807) is 29.0 Å².